The third-order valence-electron chi connectivity index (χ3n) is 3.47. The van der Waals surface area contributed by atoms with Gasteiger partial charge in [0.15, 0.2) is 14.2 Å². The minimum absolute atomic E-state index is 0.483. The van der Waals surface area contributed by atoms with E-state index >= 15 is 0 Å². The van der Waals surface area contributed by atoms with Crippen LogP contribution >= 0.6 is 0 Å². The second kappa shape index (κ2) is 7.31. The molecule has 4 heteroatoms. The van der Waals surface area contributed by atoms with Gasteiger partial charge in [-0.15, -0.1) is 0 Å². The van der Waals surface area contributed by atoms with E-state index in [1.807, 2.05) is 0 Å². The number of nitrogens with one attached hydrogen (secondary N) is 1. The standard InChI is InChI=1S/C18H33N3Si/c1-13(2)15-11-10-12-16(14(3)4)17(15)19-18(21(5)6)20-22(7,8)9/h10-14H,1-9H3,(H,19,20). The summed E-state index contributed by atoms with van der Waals surface area (Å²) >= 11 is 0. The molecule has 0 radical (unpaired) electrons. The first-order valence-electron chi connectivity index (χ1n) is 8.20. The van der Waals surface area contributed by atoms with E-state index in [0.29, 0.717) is 11.8 Å². The summed E-state index contributed by atoms with van der Waals surface area (Å²) in [7, 11) is 2.57. The molecule has 0 heterocycles. The van der Waals surface area contributed by atoms with E-state index in [9.17, 15) is 0 Å². The van der Waals surface area contributed by atoms with Crippen LogP contribution in [0, 0.1) is 0 Å². The summed E-state index contributed by atoms with van der Waals surface area (Å²) in [6.07, 6.45) is 0. The van der Waals surface area contributed by atoms with Gasteiger partial charge in [0.05, 0.1) is 0 Å². The van der Waals surface area contributed by atoms with Gasteiger partial charge in [0, 0.05) is 19.8 Å². The number of anilines is 1. The largest absolute Gasteiger partial charge is 0.350 e. The summed E-state index contributed by atoms with van der Waals surface area (Å²) in [5.74, 6) is 1.93. The van der Waals surface area contributed by atoms with E-state index in [0.717, 1.165) is 5.96 Å². The second-order valence-electron chi connectivity index (χ2n) is 7.75. The molecule has 0 saturated heterocycles. The molecule has 1 aromatic rings. The Morgan fingerprint density at radius 2 is 1.45 bits per heavy atom. The molecule has 0 fully saturated rings. The van der Waals surface area contributed by atoms with Crippen LogP contribution in [0.15, 0.2) is 22.9 Å². The fourth-order valence-corrected chi connectivity index (χ4v) is 3.26. The van der Waals surface area contributed by atoms with E-state index in [1.54, 1.807) is 0 Å². The highest BCUT2D eigenvalue weighted by molar-refractivity contribution is 6.75. The SMILES string of the molecule is CC(C)c1cccc(C(C)C)c1N/C(=N/[Si](C)(C)C)N(C)C. The first-order chi connectivity index (χ1) is 10.0. The smallest absolute Gasteiger partial charge is 0.188 e. The van der Waals surface area contributed by atoms with Gasteiger partial charge in [0.2, 0.25) is 0 Å². The average Bonchev–Trinajstić information content (AvgIpc) is 2.35. The van der Waals surface area contributed by atoms with Crippen molar-refractivity contribution >= 4 is 19.9 Å². The Morgan fingerprint density at radius 3 is 1.77 bits per heavy atom. The van der Waals surface area contributed by atoms with Crippen LogP contribution in [-0.2, 0) is 0 Å². The first kappa shape index (κ1) is 18.8. The van der Waals surface area contributed by atoms with Gasteiger partial charge < -0.3 is 10.2 Å². The number of nitrogens with zero attached hydrogens (tertiary/aromatic N) is 2. The van der Waals surface area contributed by atoms with Gasteiger partial charge in [-0.1, -0.05) is 45.9 Å². The third-order valence-corrected chi connectivity index (χ3v) is 4.36. The minimum atomic E-state index is -1.54. The van der Waals surface area contributed by atoms with Gasteiger partial charge in [-0.3, -0.25) is 4.66 Å². The Labute approximate surface area is 137 Å². The van der Waals surface area contributed by atoms with Crippen molar-refractivity contribution in [3.63, 3.8) is 0 Å². The summed E-state index contributed by atoms with van der Waals surface area (Å²) in [6.45, 7) is 15.8. The van der Waals surface area contributed by atoms with Gasteiger partial charge in [0.1, 0.15) is 0 Å². The zero-order valence-corrected chi connectivity index (χ0v) is 16.8. The highest BCUT2D eigenvalue weighted by atomic mass is 28.3. The molecule has 0 saturated carbocycles. The highest BCUT2D eigenvalue weighted by Crippen LogP contribution is 2.32. The Balaban J connectivity index is 3.38. The van der Waals surface area contributed by atoms with E-state index in [4.69, 9.17) is 4.66 Å². The lowest BCUT2D eigenvalue weighted by Gasteiger charge is -2.26. The fourth-order valence-electron chi connectivity index (χ4n) is 2.36. The van der Waals surface area contributed by atoms with Gasteiger partial charge >= 0.3 is 0 Å². The zero-order valence-electron chi connectivity index (χ0n) is 15.8. The van der Waals surface area contributed by atoms with Crippen molar-refractivity contribution < 1.29 is 0 Å². The van der Waals surface area contributed by atoms with Gasteiger partial charge in [-0.25, -0.2) is 0 Å². The molecule has 22 heavy (non-hydrogen) atoms. The van der Waals surface area contributed by atoms with E-state index in [-0.39, 0.29) is 0 Å². The molecule has 0 unspecified atom stereocenters. The predicted molar refractivity (Wildman–Crippen MR) is 103 cm³/mol. The number of rotatable bonds is 4. The molecule has 1 N–H and O–H groups in total. The topological polar surface area (TPSA) is 27.6 Å². The molecule has 3 nitrogen and oxygen atoms in total. The number of benzene rings is 1. The van der Waals surface area contributed by atoms with Crippen molar-refractivity contribution in [2.45, 2.75) is 59.2 Å². The van der Waals surface area contributed by atoms with Gasteiger partial charge in [-0.05, 0) is 42.6 Å². The van der Waals surface area contributed by atoms with Crippen LogP contribution in [-0.4, -0.2) is 33.2 Å². The Hall–Kier alpha value is -1.29. The molecule has 0 spiro atoms. The van der Waals surface area contributed by atoms with E-state index < -0.39 is 8.24 Å². The predicted octanol–water partition coefficient (Wildman–Crippen LogP) is 5.10. The Bertz CT molecular complexity index is 499. The zero-order chi connectivity index (χ0) is 17.1. The fraction of sp³-hybridized carbons (Fsp3) is 0.611. The lowest BCUT2D eigenvalue weighted by Crippen LogP contribution is -2.35. The summed E-state index contributed by atoms with van der Waals surface area (Å²) in [6, 6.07) is 6.61. The first-order valence-corrected chi connectivity index (χ1v) is 11.6. The third kappa shape index (κ3) is 5.16. The minimum Gasteiger partial charge on any atom is -0.350 e. The van der Waals surface area contributed by atoms with Crippen molar-refractivity contribution in [2.24, 2.45) is 4.66 Å². The van der Waals surface area contributed by atoms with Crippen molar-refractivity contribution in [2.75, 3.05) is 19.4 Å². The second-order valence-corrected chi connectivity index (χ2v) is 12.3. The molecule has 0 aliphatic carbocycles. The van der Waals surface area contributed by atoms with Crippen LogP contribution in [0.25, 0.3) is 0 Å². The molecule has 1 rings (SSSR count). The number of guanidine groups is 1. The number of para-hydroxylation sites is 1. The van der Waals surface area contributed by atoms with E-state index in [1.165, 1.54) is 16.8 Å². The normalized spacial score (nSPS) is 13.0. The monoisotopic (exact) mass is 319 g/mol. The Morgan fingerprint density at radius 1 is 1.00 bits per heavy atom. The maximum Gasteiger partial charge on any atom is 0.188 e. The van der Waals surface area contributed by atoms with Gasteiger partial charge in [0.25, 0.3) is 0 Å². The van der Waals surface area contributed by atoms with Crippen LogP contribution in [0.1, 0.15) is 50.7 Å². The molecular weight excluding hydrogens is 286 g/mol. The molecule has 0 amide bonds. The quantitative estimate of drug-likeness (QED) is 0.475. The van der Waals surface area contributed by atoms with Crippen molar-refractivity contribution in [1.82, 2.24) is 4.90 Å². The van der Waals surface area contributed by atoms with E-state index in [2.05, 4.69) is 89.8 Å². The summed E-state index contributed by atoms with van der Waals surface area (Å²) in [5.41, 5.74) is 3.95. The highest BCUT2D eigenvalue weighted by Gasteiger charge is 2.18. The molecule has 0 bridgehead atoms. The number of hydrogen-bond donors (Lipinski definition) is 1. The molecule has 1 aromatic carbocycles. The maximum absolute atomic E-state index is 4.97. The maximum atomic E-state index is 4.97. The molecule has 0 atom stereocenters. The lowest BCUT2D eigenvalue weighted by molar-refractivity contribution is 0.621. The molecule has 0 aromatic heterocycles. The van der Waals surface area contributed by atoms with Crippen LogP contribution in [0.5, 0.6) is 0 Å². The van der Waals surface area contributed by atoms with Crippen molar-refractivity contribution in [3.05, 3.63) is 29.3 Å². The molecular formula is C18H33N3Si. The molecule has 124 valence electrons. The number of hydrogen-bond acceptors (Lipinski definition) is 1. The summed E-state index contributed by atoms with van der Waals surface area (Å²) in [5, 5.41) is 3.65. The average molecular weight is 320 g/mol. The van der Waals surface area contributed by atoms with Crippen LogP contribution in [0.2, 0.25) is 19.6 Å². The molecule has 0 aliphatic rings. The van der Waals surface area contributed by atoms with Crippen LogP contribution in [0.4, 0.5) is 5.69 Å². The van der Waals surface area contributed by atoms with Crippen LogP contribution < -0.4 is 5.32 Å². The van der Waals surface area contributed by atoms with Crippen molar-refractivity contribution in [3.8, 4) is 0 Å². The lowest BCUT2D eigenvalue weighted by atomic mass is 9.93. The summed E-state index contributed by atoms with van der Waals surface area (Å²) in [4.78, 5) is 2.08. The summed E-state index contributed by atoms with van der Waals surface area (Å²) < 4.78 is 4.97. The Kier molecular flexibility index (Phi) is 6.24. The van der Waals surface area contributed by atoms with Crippen LogP contribution in [0.3, 0.4) is 0 Å². The molecule has 0 aliphatic heterocycles. The van der Waals surface area contributed by atoms with Crippen molar-refractivity contribution in [1.29, 1.82) is 0 Å². The van der Waals surface area contributed by atoms with Gasteiger partial charge in [-0.2, -0.15) is 0 Å².